The van der Waals surface area contributed by atoms with Gasteiger partial charge in [0.05, 0.1) is 19.2 Å². The van der Waals surface area contributed by atoms with Gasteiger partial charge in [0.2, 0.25) is 0 Å². The molecule has 2 aromatic rings. The highest BCUT2D eigenvalue weighted by atomic mass is 35.5. The Kier molecular flexibility index (Phi) is 5.34. The second-order valence-corrected chi connectivity index (χ2v) is 6.24. The highest BCUT2D eigenvalue weighted by Gasteiger charge is 2.23. The fourth-order valence-electron chi connectivity index (χ4n) is 2.96. The lowest BCUT2D eigenvalue weighted by atomic mass is 10.1. The Bertz CT molecular complexity index is 758. The molecule has 1 amide bonds. The van der Waals surface area contributed by atoms with Crippen LogP contribution < -0.4 is 14.4 Å². The molecule has 0 atom stereocenters. The fraction of sp³-hybridized carbons (Fsp3) is 0.316. The van der Waals surface area contributed by atoms with Crippen LogP contribution in [0, 0.1) is 0 Å². The molecule has 5 nitrogen and oxygen atoms in total. The molecule has 1 fully saturated rings. The van der Waals surface area contributed by atoms with Gasteiger partial charge >= 0.3 is 0 Å². The van der Waals surface area contributed by atoms with Crippen LogP contribution >= 0.6 is 11.6 Å². The number of hydrogen-bond donors (Lipinski definition) is 0. The molecule has 0 radical (unpaired) electrons. The lowest BCUT2D eigenvalue weighted by molar-refractivity contribution is 0.0746. The Hall–Kier alpha value is -2.40. The summed E-state index contributed by atoms with van der Waals surface area (Å²) in [6, 6.07) is 13.0. The summed E-state index contributed by atoms with van der Waals surface area (Å²) in [6.45, 7) is 2.86. The molecule has 25 heavy (non-hydrogen) atoms. The molecule has 0 saturated carbocycles. The van der Waals surface area contributed by atoms with Gasteiger partial charge in [0.25, 0.3) is 5.91 Å². The molecule has 0 aromatic heterocycles. The van der Waals surface area contributed by atoms with Gasteiger partial charge in [-0.2, -0.15) is 0 Å². The predicted octanol–water partition coefficient (Wildman–Crippen LogP) is 3.32. The molecule has 1 saturated heterocycles. The van der Waals surface area contributed by atoms with Crippen molar-refractivity contribution in [2.24, 2.45) is 0 Å². The van der Waals surface area contributed by atoms with Gasteiger partial charge in [-0.05, 0) is 36.4 Å². The molecular formula is C19H21ClN2O3. The van der Waals surface area contributed by atoms with Gasteiger partial charge < -0.3 is 19.3 Å². The molecule has 0 unspecified atom stereocenters. The van der Waals surface area contributed by atoms with Gasteiger partial charge in [0.15, 0.2) is 0 Å². The lowest BCUT2D eigenvalue weighted by Crippen LogP contribution is -2.48. The number of anilines is 1. The van der Waals surface area contributed by atoms with Crippen molar-refractivity contribution >= 4 is 23.2 Å². The van der Waals surface area contributed by atoms with Gasteiger partial charge in [0, 0.05) is 37.4 Å². The first-order chi connectivity index (χ1) is 12.1. The van der Waals surface area contributed by atoms with E-state index in [0.717, 1.165) is 18.8 Å². The molecule has 1 heterocycles. The zero-order valence-corrected chi connectivity index (χ0v) is 15.1. The van der Waals surface area contributed by atoms with Crippen molar-refractivity contribution in [1.29, 1.82) is 0 Å². The highest BCUT2D eigenvalue weighted by molar-refractivity contribution is 6.32. The van der Waals surface area contributed by atoms with Crippen LogP contribution in [0.1, 0.15) is 10.4 Å². The Morgan fingerprint density at radius 3 is 2.40 bits per heavy atom. The van der Waals surface area contributed by atoms with Crippen LogP contribution in [0.3, 0.4) is 0 Å². The standard InChI is InChI=1S/C19H21ClN2O3/c1-24-16-5-3-4-14(12-16)19(23)22-10-8-21(9-11-22)15-6-7-18(25-2)17(20)13-15/h3-7,12-13H,8-11H2,1-2H3. The SMILES string of the molecule is COc1cccc(C(=O)N2CCN(c3ccc(OC)c(Cl)c3)CC2)c1. The Morgan fingerprint density at radius 1 is 1.00 bits per heavy atom. The third-order valence-electron chi connectivity index (χ3n) is 4.38. The maximum atomic E-state index is 12.7. The Balaban J connectivity index is 1.65. The minimum absolute atomic E-state index is 0.0336. The molecule has 0 aliphatic carbocycles. The topological polar surface area (TPSA) is 42.0 Å². The zero-order valence-electron chi connectivity index (χ0n) is 14.4. The van der Waals surface area contributed by atoms with E-state index in [4.69, 9.17) is 21.1 Å². The van der Waals surface area contributed by atoms with Crippen LogP contribution in [-0.2, 0) is 0 Å². The number of methoxy groups -OCH3 is 2. The van der Waals surface area contributed by atoms with E-state index in [-0.39, 0.29) is 5.91 Å². The second-order valence-electron chi connectivity index (χ2n) is 5.83. The third-order valence-corrected chi connectivity index (χ3v) is 4.68. The number of carbonyl (C=O) groups is 1. The van der Waals surface area contributed by atoms with Crippen molar-refractivity contribution in [2.45, 2.75) is 0 Å². The average molecular weight is 361 g/mol. The molecule has 2 aromatic carbocycles. The lowest BCUT2D eigenvalue weighted by Gasteiger charge is -2.36. The number of benzene rings is 2. The van der Waals surface area contributed by atoms with Gasteiger partial charge in [-0.25, -0.2) is 0 Å². The van der Waals surface area contributed by atoms with Gasteiger partial charge in [0.1, 0.15) is 11.5 Å². The Labute approximate surface area is 152 Å². The van der Waals surface area contributed by atoms with E-state index < -0.39 is 0 Å². The average Bonchev–Trinajstić information content (AvgIpc) is 2.67. The van der Waals surface area contributed by atoms with Gasteiger partial charge in [-0.15, -0.1) is 0 Å². The minimum atomic E-state index is 0.0336. The van der Waals surface area contributed by atoms with E-state index in [2.05, 4.69) is 4.90 Å². The quantitative estimate of drug-likeness (QED) is 0.838. The first kappa shape index (κ1) is 17.4. The number of amides is 1. The molecule has 3 rings (SSSR count). The largest absolute Gasteiger partial charge is 0.497 e. The van der Waals surface area contributed by atoms with Gasteiger partial charge in [-0.1, -0.05) is 17.7 Å². The molecular weight excluding hydrogens is 340 g/mol. The van der Waals surface area contributed by atoms with Crippen molar-refractivity contribution in [1.82, 2.24) is 4.90 Å². The van der Waals surface area contributed by atoms with Crippen LogP contribution in [0.5, 0.6) is 11.5 Å². The molecule has 132 valence electrons. The monoisotopic (exact) mass is 360 g/mol. The van der Waals surface area contributed by atoms with E-state index in [1.807, 2.05) is 41.3 Å². The first-order valence-electron chi connectivity index (χ1n) is 8.14. The second kappa shape index (κ2) is 7.66. The molecule has 6 heteroatoms. The molecule has 0 spiro atoms. The summed E-state index contributed by atoms with van der Waals surface area (Å²) >= 11 is 6.21. The zero-order chi connectivity index (χ0) is 17.8. The maximum absolute atomic E-state index is 12.7. The predicted molar refractivity (Wildman–Crippen MR) is 99.1 cm³/mol. The van der Waals surface area contributed by atoms with Crippen molar-refractivity contribution in [3.8, 4) is 11.5 Å². The van der Waals surface area contributed by atoms with Crippen LogP contribution in [-0.4, -0.2) is 51.2 Å². The number of rotatable bonds is 4. The summed E-state index contributed by atoms with van der Waals surface area (Å²) in [7, 11) is 3.20. The van der Waals surface area contributed by atoms with Crippen molar-refractivity contribution in [3.63, 3.8) is 0 Å². The minimum Gasteiger partial charge on any atom is -0.497 e. The maximum Gasteiger partial charge on any atom is 0.254 e. The van der Waals surface area contributed by atoms with E-state index >= 15 is 0 Å². The summed E-state index contributed by atoms with van der Waals surface area (Å²) in [5.74, 6) is 1.39. The number of ether oxygens (including phenoxy) is 2. The third kappa shape index (κ3) is 3.82. The van der Waals surface area contributed by atoms with Crippen LogP contribution in [0.25, 0.3) is 0 Å². The van der Waals surface area contributed by atoms with Gasteiger partial charge in [-0.3, -0.25) is 4.79 Å². The summed E-state index contributed by atoms with van der Waals surface area (Å²) in [5.41, 5.74) is 1.69. The number of hydrogen-bond acceptors (Lipinski definition) is 4. The van der Waals surface area contributed by atoms with Crippen molar-refractivity contribution in [2.75, 3.05) is 45.3 Å². The highest BCUT2D eigenvalue weighted by Crippen LogP contribution is 2.29. The Morgan fingerprint density at radius 2 is 1.76 bits per heavy atom. The van der Waals surface area contributed by atoms with Crippen LogP contribution in [0.4, 0.5) is 5.69 Å². The molecule has 0 bridgehead atoms. The molecule has 1 aliphatic rings. The molecule has 1 aliphatic heterocycles. The number of piperazine rings is 1. The van der Waals surface area contributed by atoms with Crippen LogP contribution in [0.15, 0.2) is 42.5 Å². The first-order valence-corrected chi connectivity index (χ1v) is 8.52. The van der Waals surface area contributed by atoms with E-state index in [1.54, 1.807) is 20.3 Å². The van der Waals surface area contributed by atoms with E-state index in [9.17, 15) is 4.79 Å². The summed E-state index contributed by atoms with van der Waals surface area (Å²) in [6.07, 6.45) is 0. The molecule has 0 N–H and O–H groups in total. The van der Waals surface area contributed by atoms with Crippen LogP contribution in [0.2, 0.25) is 5.02 Å². The number of nitrogens with zero attached hydrogens (tertiary/aromatic N) is 2. The smallest absolute Gasteiger partial charge is 0.254 e. The number of carbonyl (C=O) groups excluding carboxylic acids is 1. The summed E-state index contributed by atoms with van der Waals surface area (Å²) < 4.78 is 10.4. The summed E-state index contributed by atoms with van der Waals surface area (Å²) in [5, 5.41) is 0.592. The number of halogens is 1. The normalized spacial score (nSPS) is 14.4. The fourth-order valence-corrected chi connectivity index (χ4v) is 3.21. The van der Waals surface area contributed by atoms with Crippen molar-refractivity contribution in [3.05, 3.63) is 53.1 Å². The van der Waals surface area contributed by atoms with E-state index in [0.29, 0.717) is 35.2 Å². The summed E-state index contributed by atoms with van der Waals surface area (Å²) in [4.78, 5) is 16.8. The van der Waals surface area contributed by atoms with E-state index in [1.165, 1.54) is 0 Å². The van der Waals surface area contributed by atoms with Crippen molar-refractivity contribution < 1.29 is 14.3 Å².